The van der Waals surface area contributed by atoms with Crippen LogP contribution in [-0.2, 0) is 13.1 Å². The number of para-hydroxylation sites is 1. The van der Waals surface area contributed by atoms with Gasteiger partial charge in [0.25, 0.3) is 0 Å². The number of hydrogen-bond acceptors (Lipinski definition) is 6. The molecule has 1 fully saturated rings. The molecule has 1 aliphatic heterocycles. The fourth-order valence-corrected chi connectivity index (χ4v) is 5.01. The zero-order valence-electron chi connectivity index (χ0n) is 17.9. The molecule has 1 atom stereocenters. The SMILES string of the molecule is O=C(c1ccccc1)[C@@H]1CCCN(Cc2nc(NCc3cccs3)c3ccccc3n2)C1. The summed E-state index contributed by atoms with van der Waals surface area (Å²) < 4.78 is 0. The van der Waals surface area contributed by atoms with E-state index < -0.39 is 0 Å². The molecule has 2 aromatic carbocycles. The molecule has 0 amide bonds. The highest BCUT2D eigenvalue weighted by Gasteiger charge is 2.27. The average Bonchev–Trinajstić information content (AvgIpc) is 3.36. The van der Waals surface area contributed by atoms with Gasteiger partial charge in [0.05, 0.1) is 18.6 Å². The number of ketones is 1. The van der Waals surface area contributed by atoms with Crippen LogP contribution in [0.25, 0.3) is 10.9 Å². The second-order valence-electron chi connectivity index (χ2n) is 8.24. The molecule has 0 unspecified atom stereocenters. The van der Waals surface area contributed by atoms with E-state index in [1.54, 1.807) is 11.3 Å². The summed E-state index contributed by atoms with van der Waals surface area (Å²) in [6.07, 6.45) is 1.96. The van der Waals surface area contributed by atoms with Gasteiger partial charge in [0, 0.05) is 28.3 Å². The highest BCUT2D eigenvalue weighted by Crippen LogP contribution is 2.25. The number of Topliss-reactive ketones (excluding diaryl/α,β-unsaturated/α-hetero) is 1. The molecule has 0 aliphatic carbocycles. The number of thiophene rings is 1. The lowest BCUT2D eigenvalue weighted by atomic mass is 9.90. The van der Waals surface area contributed by atoms with E-state index in [2.05, 4.69) is 33.8 Å². The fraction of sp³-hybridized carbons (Fsp3) is 0.269. The first kappa shape index (κ1) is 20.8. The van der Waals surface area contributed by atoms with E-state index in [-0.39, 0.29) is 11.7 Å². The summed E-state index contributed by atoms with van der Waals surface area (Å²) in [6.45, 7) is 3.11. The Hall–Kier alpha value is -3.09. The van der Waals surface area contributed by atoms with Crippen LogP contribution in [0, 0.1) is 5.92 Å². The molecule has 0 bridgehead atoms. The number of likely N-dealkylation sites (tertiary alicyclic amines) is 1. The predicted molar refractivity (Wildman–Crippen MR) is 130 cm³/mol. The molecule has 32 heavy (non-hydrogen) atoms. The Morgan fingerprint density at radius 2 is 1.88 bits per heavy atom. The topological polar surface area (TPSA) is 58.1 Å². The minimum Gasteiger partial charge on any atom is -0.365 e. The molecular weight excluding hydrogens is 416 g/mol. The molecule has 1 saturated heterocycles. The molecule has 0 radical (unpaired) electrons. The van der Waals surface area contributed by atoms with Gasteiger partial charge in [0.15, 0.2) is 5.78 Å². The van der Waals surface area contributed by atoms with E-state index in [9.17, 15) is 4.79 Å². The molecule has 0 spiro atoms. The molecule has 6 heteroatoms. The smallest absolute Gasteiger partial charge is 0.167 e. The summed E-state index contributed by atoms with van der Waals surface area (Å²) in [5.74, 6) is 1.94. The van der Waals surface area contributed by atoms with Crippen LogP contribution in [0.2, 0.25) is 0 Å². The minimum atomic E-state index is 0.0306. The number of carbonyl (C=O) groups excluding carboxylic acids is 1. The van der Waals surface area contributed by atoms with Crippen molar-refractivity contribution in [1.29, 1.82) is 0 Å². The maximum Gasteiger partial charge on any atom is 0.167 e. The Bertz CT molecular complexity index is 1190. The highest BCUT2D eigenvalue weighted by molar-refractivity contribution is 7.09. The van der Waals surface area contributed by atoms with Crippen LogP contribution in [0.4, 0.5) is 5.82 Å². The molecule has 0 saturated carbocycles. The Morgan fingerprint density at radius 3 is 2.72 bits per heavy atom. The normalized spacial score (nSPS) is 16.8. The Morgan fingerprint density at radius 1 is 1.03 bits per heavy atom. The Kier molecular flexibility index (Phi) is 6.23. The molecule has 5 nitrogen and oxygen atoms in total. The van der Waals surface area contributed by atoms with E-state index >= 15 is 0 Å². The lowest BCUT2D eigenvalue weighted by molar-refractivity contribution is 0.0808. The van der Waals surface area contributed by atoms with Crippen molar-refractivity contribution in [3.05, 3.63) is 88.4 Å². The van der Waals surface area contributed by atoms with Crippen LogP contribution in [-0.4, -0.2) is 33.7 Å². The van der Waals surface area contributed by atoms with Gasteiger partial charge in [-0.15, -0.1) is 11.3 Å². The number of nitrogens with one attached hydrogen (secondary N) is 1. The van der Waals surface area contributed by atoms with E-state index in [0.29, 0.717) is 6.54 Å². The first-order valence-corrected chi connectivity index (χ1v) is 12.0. The number of anilines is 1. The van der Waals surface area contributed by atoms with Gasteiger partial charge < -0.3 is 5.32 Å². The summed E-state index contributed by atoms with van der Waals surface area (Å²) in [4.78, 5) is 26.3. The standard InChI is InChI=1S/C26H26N4OS/c31-25(19-8-2-1-3-9-19)20-10-6-14-30(17-20)18-24-28-23-13-5-4-12-22(23)26(29-24)27-16-21-11-7-15-32-21/h1-5,7-9,11-13,15,20H,6,10,14,16-18H2,(H,27,28,29)/t20-/m1/s1. The lowest BCUT2D eigenvalue weighted by Crippen LogP contribution is -2.38. The van der Waals surface area contributed by atoms with Crippen LogP contribution < -0.4 is 5.32 Å². The Balaban J connectivity index is 1.33. The number of hydrogen-bond donors (Lipinski definition) is 1. The number of aromatic nitrogens is 2. The minimum absolute atomic E-state index is 0.0306. The van der Waals surface area contributed by atoms with Crippen molar-refractivity contribution in [2.24, 2.45) is 5.92 Å². The van der Waals surface area contributed by atoms with Gasteiger partial charge in [-0.1, -0.05) is 48.5 Å². The van der Waals surface area contributed by atoms with Gasteiger partial charge in [-0.3, -0.25) is 9.69 Å². The van der Waals surface area contributed by atoms with Crippen LogP contribution in [0.5, 0.6) is 0 Å². The summed E-state index contributed by atoms with van der Waals surface area (Å²) in [5, 5.41) is 6.62. The summed E-state index contributed by atoms with van der Waals surface area (Å²) >= 11 is 1.74. The number of benzene rings is 2. The molecule has 2 aromatic heterocycles. The van der Waals surface area contributed by atoms with Gasteiger partial charge in [-0.05, 0) is 43.0 Å². The quantitative estimate of drug-likeness (QED) is 0.389. The first-order chi connectivity index (χ1) is 15.8. The van der Waals surface area contributed by atoms with Gasteiger partial charge in [0.1, 0.15) is 11.6 Å². The van der Waals surface area contributed by atoms with Gasteiger partial charge in [-0.25, -0.2) is 9.97 Å². The maximum atomic E-state index is 13.0. The Labute approximate surface area is 192 Å². The third kappa shape index (κ3) is 4.71. The van der Waals surface area contributed by atoms with E-state index in [0.717, 1.165) is 60.6 Å². The molecule has 3 heterocycles. The number of nitrogens with zero attached hydrogens (tertiary/aromatic N) is 3. The lowest BCUT2D eigenvalue weighted by Gasteiger charge is -2.31. The number of fused-ring (bicyclic) bond motifs is 1. The third-order valence-corrected chi connectivity index (χ3v) is 6.84. The summed E-state index contributed by atoms with van der Waals surface area (Å²) in [7, 11) is 0. The third-order valence-electron chi connectivity index (χ3n) is 5.96. The van der Waals surface area contributed by atoms with Crippen molar-refractivity contribution in [1.82, 2.24) is 14.9 Å². The van der Waals surface area contributed by atoms with Crippen molar-refractivity contribution in [3.8, 4) is 0 Å². The molecule has 5 rings (SSSR count). The van der Waals surface area contributed by atoms with Crippen molar-refractivity contribution < 1.29 is 4.79 Å². The fourth-order valence-electron chi connectivity index (χ4n) is 4.37. The van der Waals surface area contributed by atoms with Crippen molar-refractivity contribution >= 4 is 33.8 Å². The molecule has 162 valence electrons. The first-order valence-electron chi connectivity index (χ1n) is 11.1. The highest BCUT2D eigenvalue weighted by atomic mass is 32.1. The summed E-state index contributed by atoms with van der Waals surface area (Å²) in [5.41, 5.74) is 1.75. The van der Waals surface area contributed by atoms with Crippen molar-refractivity contribution in [3.63, 3.8) is 0 Å². The van der Waals surface area contributed by atoms with Crippen LogP contribution in [0.3, 0.4) is 0 Å². The number of piperidine rings is 1. The number of rotatable bonds is 7. The molecule has 1 N–H and O–H groups in total. The van der Waals surface area contributed by atoms with Crippen LogP contribution in [0.1, 0.15) is 33.9 Å². The predicted octanol–water partition coefficient (Wildman–Crippen LogP) is 5.40. The van der Waals surface area contributed by atoms with Gasteiger partial charge in [0.2, 0.25) is 0 Å². The van der Waals surface area contributed by atoms with Crippen molar-refractivity contribution in [2.75, 3.05) is 18.4 Å². The number of carbonyl (C=O) groups is 1. The van der Waals surface area contributed by atoms with Crippen LogP contribution in [0.15, 0.2) is 72.1 Å². The van der Waals surface area contributed by atoms with Crippen molar-refractivity contribution in [2.45, 2.75) is 25.9 Å². The zero-order chi connectivity index (χ0) is 21.8. The molecular formula is C26H26N4OS. The largest absolute Gasteiger partial charge is 0.365 e. The second-order valence-corrected chi connectivity index (χ2v) is 9.28. The van der Waals surface area contributed by atoms with E-state index in [1.165, 1.54) is 4.88 Å². The van der Waals surface area contributed by atoms with E-state index in [4.69, 9.17) is 9.97 Å². The monoisotopic (exact) mass is 442 g/mol. The van der Waals surface area contributed by atoms with Crippen LogP contribution >= 0.6 is 11.3 Å². The molecule has 4 aromatic rings. The summed E-state index contributed by atoms with van der Waals surface area (Å²) in [6, 6.07) is 22.0. The van der Waals surface area contributed by atoms with Gasteiger partial charge in [-0.2, -0.15) is 0 Å². The maximum absolute atomic E-state index is 13.0. The average molecular weight is 443 g/mol. The van der Waals surface area contributed by atoms with Gasteiger partial charge >= 0.3 is 0 Å². The second kappa shape index (κ2) is 9.59. The molecule has 1 aliphatic rings. The van der Waals surface area contributed by atoms with E-state index in [1.807, 2.05) is 48.5 Å². The zero-order valence-corrected chi connectivity index (χ0v) is 18.7.